The molecule has 1 unspecified atom stereocenters. The number of rotatable bonds is 7. The van der Waals surface area contributed by atoms with Crippen molar-refractivity contribution in [3.05, 3.63) is 53.9 Å². The van der Waals surface area contributed by atoms with E-state index in [1.54, 1.807) is 7.11 Å². The smallest absolute Gasteiger partial charge is 0.263 e. The maximum absolute atomic E-state index is 11.5. The van der Waals surface area contributed by atoms with Gasteiger partial charge < -0.3 is 25.8 Å². The predicted octanol–water partition coefficient (Wildman–Crippen LogP) is 3.19. The summed E-state index contributed by atoms with van der Waals surface area (Å²) in [5, 5.41) is 7.51. The molecule has 1 aromatic carbocycles. The van der Waals surface area contributed by atoms with Gasteiger partial charge in [-0.15, -0.1) is 0 Å². The first-order valence-corrected chi connectivity index (χ1v) is 11.9. The number of aromatic nitrogens is 2. The number of pyridine rings is 2. The van der Waals surface area contributed by atoms with Gasteiger partial charge in [0, 0.05) is 30.2 Å². The second-order valence-corrected chi connectivity index (χ2v) is 9.17. The normalized spacial score (nSPS) is 20.8. The van der Waals surface area contributed by atoms with Crippen LogP contribution in [-0.4, -0.2) is 41.7 Å². The Balaban J connectivity index is 1.14. The van der Waals surface area contributed by atoms with E-state index in [0.29, 0.717) is 30.1 Å². The monoisotopic (exact) mass is 461 g/mol. The van der Waals surface area contributed by atoms with Crippen molar-refractivity contribution < 1.29 is 14.3 Å². The number of benzene rings is 1. The summed E-state index contributed by atoms with van der Waals surface area (Å²) in [7, 11) is 1.68. The number of nitrogens with zero attached hydrogens (tertiary/aromatic N) is 2. The Bertz CT molecular complexity index is 1180. The van der Waals surface area contributed by atoms with Crippen molar-refractivity contribution in [1.82, 2.24) is 15.3 Å². The molecule has 0 radical (unpaired) electrons. The molecule has 1 aliphatic heterocycles. The molecule has 2 aromatic heterocycles. The van der Waals surface area contributed by atoms with Crippen molar-refractivity contribution in [3.8, 4) is 11.5 Å². The molecule has 3 heterocycles. The zero-order valence-electron chi connectivity index (χ0n) is 19.4. The lowest BCUT2D eigenvalue weighted by Gasteiger charge is -2.33. The SMILES string of the molecule is COc1cccc2c(CC(N)C3CCC(NCc4ccc5c(n4)NC(=O)CO5)CC3)ccnc12. The molecule has 0 bridgehead atoms. The fourth-order valence-electron chi connectivity index (χ4n) is 5.07. The topological polar surface area (TPSA) is 111 Å². The number of ether oxygens (including phenoxy) is 2. The van der Waals surface area contributed by atoms with Crippen LogP contribution in [0.4, 0.5) is 5.82 Å². The van der Waals surface area contributed by atoms with Gasteiger partial charge in [0.05, 0.1) is 12.8 Å². The Morgan fingerprint density at radius 3 is 2.88 bits per heavy atom. The van der Waals surface area contributed by atoms with E-state index in [1.807, 2.05) is 30.5 Å². The van der Waals surface area contributed by atoms with E-state index in [0.717, 1.165) is 54.5 Å². The van der Waals surface area contributed by atoms with Crippen molar-refractivity contribution in [2.45, 2.75) is 50.7 Å². The lowest BCUT2D eigenvalue weighted by molar-refractivity contribution is -0.118. The van der Waals surface area contributed by atoms with Gasteiger partial charge in [-0.3, -0.25) is 9.78 Å². The van der Waals surface area contributed by atoms with Gasteiger partial charge in [-0.2, -0.15) is 0 Å². The Morgan fingerprint density at radius 2 is 2.06 bits per heavy atom. The van der Waals surface area contributed by atoms with Crippen LogP contribution < -0.4 is 25.8 Å². The fraction of sp³-hybridized carbons (Fsp3) is 0.423. The minimum absolute atomic E-state index is 0.0449. The summed E-state index contributed by atoms with van der Waals surface area (Å²) in [5.74, 6) is 2.26. The van der Waals surface area contributed by atoms with Crippen molar-refractivity contribution >= 4 is 22.6 Å². The highest BCUT2D eigenvalue weighted by molar-refractivity contribution is 5.94. The lowest BCUT2D eigenvalue weighted by atomic mass is 9.79. The number of hydrogen-bond acceptors (Lipinski definition) is 7. The van der Waals surface area contributed by atoms with E-state index in [1.165, 1.54) is 5.56 Å². The van der Waals surface area contributed by atoms with Crippen molar-refractivity contribution in [2.24, 2.45) is 11.7 Å². The number of methoxy groups -OCH3 is 1. The Kier molecular flexibility index (Phi) is 6.60. The summed E-state index contributed by atoms with van der Waals surface area (Å²) in [5.41, 5.74) is 9.71. The maximum Gasteiger partial charge on any atom is 0.263 e. The molecule has 8 heteroatoms. The van der Waals surface area contributed by atoms with Crippen LogP contribution in [0.15, 0.2) is 42.6 Å². The molecule has 1 amide bonds. The molecular formula is C26H31N5O3. The molecular weight excluding hydrogens is 430 g/mol. The van der Waals surface area contributed by atoms with Crippen LogP contribution in [0.1, 0.15) is 36.9 Å². The number of nitrogens with one attached hydrogen (secondary N) is 2. The first-order chi connectivity index (χ1) is 16.6. The van der Waals surface area contributed by atoms with E-state index in [9.17, 15) is 4.79 Å². The zero-order valence-corrected chi connectivity index (χ0v) is 19.4. The number of anilines is 1. The van der Waals surface area contributed by atoms with Gasteiger partial charge in [0.15, 0.2) is 18.2 Å². The second kappa shape index (κ2) is 9.95. The molecule has 34 heavy (non-hydrogen) atoms. The molecule has 5 rings (SSSR count). The highest BCUT2D eigenvalue weighted by Crippen LogP contribution is 2.31. The largest absolute Gasteiger partial charge is 0.494 e. The summed E-state index contributed by atoms with van der Waals surface area (Å²) in [6, 6.07) is 12.5. The third-order valence-corrected chi connectivity index (χ3v) is 6.98. The number of nitrogens with two attached hydrogens (primary N) is 1. The van der Waals surface area contributed by atoms with E-state index in [4.69, 9.17) is 15.2 Å². The molecule has 178 valence electrons. The van der Waals surface area contributed by atoms with Crippen LogP contribution in [0.2, 0.25) is 0 Å². The van der Waals surface area contributed by atoms with Gasteiger partial charge in [0.2, 0.25) is 0 Å². The number of para-hydroxylation sites is 1. The second-order valence-electron chi connectivity index (χ2n) is 9.17. The molecule has 0 spiro atoms. The summed E-state index contributed by atoms with van der Waals surface area (Å²) in [6.07, 6.45) is 7.07. The Hall–Kier alpha value is -3.23. The van der Waals surface area contributed by atoms with Gasteiger partial charge >= 0.3 is 0 Å². The highest BCUT2D eigenvalue weighted by Gasteiger charge is 2.26. The Labute approximate surface area is 199 Å². The minimum Gasteiger partial charge on any atom is -0.494 e. The number of hydrogen-bond donors (Lipinski definition) is 3. The highest BCUT2D eigenvalue weighted by atomic mass is 16.5. The first kappa shape index (κ1) is 22.6. The summed E-state index contributed by atoms with van der Waals surface area (Å²) in [6.45, 7) is 0.707. The van der Waals surface area contributed by atoms with Gasteiger partial charge in [-0.05, 0) is 67.9 Å². The first-order valence-electron chi connectivity index (χ1n) is 11.9. The van der Waals surface area contributed by atoms with Crippen LogP contribution in [0.5, 0.6) is 11.5 Å². The zero-order chi connectivity index (χ0) is 23.5. The van der Waals surface area contributed by atoms with E-state index < -0.39 is 0 Å². The molecule has 1 saturated carbocycles. The summed E-state index contributed by atoms with van der Waals surface area (Å²) >= 11 is 0. The molecule has 1 atom stereocenters. The molecule has 1 fully saturated rings. The third kappa shape index (κ3) is 4.83. The minimum atomic E-state index is -0.168. The fourth-order valence-corrected chi connectivity index (χ4v) is 5.07. The summed E-state index contributed by atoms with van der Waals surface area (Å²) in [4.78, 5) is 20.6. The number of carbonyl (C=O) groups is 1. The number of fused-ring (bicyclic) bond motifs is 2. The Morgan fingerprint density at radius 1 is 1.21 bits per heavy atom. The van der Waals surface area contributed by atoms with Gasteiger partial charge in [-0.1, -0.05) is 12.1 Å². The average Bonchev–Trinajstić information content (AvgIpc) is 2.87. The summed E-state index contributed by atoms with van der Waals surface area (Å²) < 4.78 is 10.9. The van der Waals surface area contributed by atoms with Crippen molar-refractivity contribution in [3.63, 3.8) is 0 Å². The molecule has 2 aliphatic rings. The average molecular weight is 462 g/mol. The van der Waals surface area contributed by atoms with Gasteiger partial charge in [0.25, 0.3) is 5.91 Å². The molecule has 4 N–H and O–H groups in total. The van der Waals surface area contributed by atoms with Crippen LogP contribution in [0.3, 0.4) is 0 Å². The van der Waals surface area contributed by atoms with Crippen molar-refractivity contribution in [2.75, 3.05) is 19.0 Å². The van der Waals surface area contributed by atoms with Crippen LogP contribution in [-0.2, 0) is 17.8 Å². The van der Waals surface area contributed by atoms with E-state index in [-0.39, 0.29) is 18.6 Å². The quantitative estimate of drug-likeness (QED) is 0.495. The molecule has 1 aliphatic carbocycles. The van der Waals surface area contributed by atoms with E-state index >= 15 is 0 Å². The molecule has 3 aromatic rings. The van der Waals surface area contributed by atoms with Crippen molar-refractivity contribution in [1.29, 1.82) is 0 Å². The van der Waals surface area contributed by atoms with Gasteiger partial charge in [0.1, 0.15) is 11.3 Å². The van der Waals surface area contributed by atoms with Crippen LogP contribution in [0.25, 0.3) is 10.9 Å². The van der Waals surface area contributed by atoms with Crippen LogP contribution in [0, 0.1) is 5.92 Å². The molecule has 0 saturated heterocycles. The third-order valence-electron chi connectivity index (χ3n) is 6.98. The molecule has 8 nitrogen and oxygen atoms in total. The van der Waals surface area contributed by atoms with Crippen LogP contribution >= 0.6 is 0 Å². The van der Waals surface area contributed by atoms with E-state index in [2.05, 4.69) is 32.7 Å². The predicted molar refractivity (Wildman–Crippen MR) is 131 cm³/mol. The standard InChI is InChI=1S/C26H31N5O3/c1-33-22-4-2-3-20-17(11-12-28-25(20)22)13-21(27)16-5-7-18(8-6-16)29-14-19-9-10-23-26(30-19)31-24(32)15-34-23/h2-4,9-12,16,18,21,29H,5-8,13-15,27H2,1H3,(H,30,31,32). The number of carbonyl (C=O) groups excluding carboxylic acids is 1. The lowest BCUT2D eigenvalue weighted by Crippen LogP contribution is -2.39. The number of amides is 1. The maximum atomic E-state index is 11.5. The van der Waals surface area contributed by atoms with Gasteiger partial charge in [-0.25, -0.2) is 4.98 Å².